The molecule has 0 saturated carbocycles. The minimum absolute atomic E-state index is 0.0321. The van der Waals surface area contributed by atoms with Gasteiger partial charge in [-0.05, 0) is 29.2 Å². The third-order valence-corrected chi connectivity index (χ3v) is 5.42. The second kappa shape index (κ2) is 7.03. The molecular weight excluding hydrogens is 378 g/mol. The van der Waals surface area contributed by atoms with Crippen LogP contribution in [0.25, 0.3) is 10.3 Å². The normalized spacial score (nSPS) is 16.2. The Bertz CT molecular complexity index is 1040. The van der Waals surface area contributed by atoms with Crippen LogP contribution in [0.3, 0.4) is 0 Å². The molecule has 1 atom stereocenters. The van der Waals surface area contributed by atoms with Crippen molar-refractivity contribution in [3.05, 3.63) is 41.0 Å². The number of hydrogen-bond acceptors (Lipinski definition) is 7. The van der Waals surface area contributed by atoms with Crippen LogP contribution in [-0.2, 0) is 16.8 Å². The standard InChI is InChI=1S/C20H21N3O4S/c1-20(2,3)11-4-5-14-15(6-11)27-16(10-26-14)18(25)22-12-7-13-19(21-8-12)28-17(9-24)23-13/h4-8,16,24H,9-10H2,1-3H3,(H,22,25). The number of nitrogens with one attached hydrogen (secondary N) is 1. The number of carbonyl (C=O) groups is 1. The maximum Gasteiger partial charge on any atom is 0.269 e. The zero-order valence-corrected chi connectivity index (χ0v) is 16.7. The van der Waals surface area contributed by atoms with Crippen molar-refractivity contribution in [2.45, 2.75) is 38.9 Å². The quantitative estimate of drug-likeness (QED) is 0.702. The topological polar surface area (TPSA) is 93.6 Å². The van der Waals surface area contributed by atoms with Crippen LogP contribution in [0.15, 0.2) is 30.5 Å². The summed E-state index contributed by atoms with van der Waals surface area (Å²) in [7, 11) is 0. The van der Waals surface area contributed by atoms with Crippen molar-refractivity contribution in [3.8, 4) is 11.5 Å². The Labute approximate surface area is 166 Å². The van der Waals surface area contributed by atoms with E-state index in [2.05, 4.69) is 36.1 Å². The van der Waals surface area contributed by atoms with Crippen molar-refractivity contribution in [3.63, 3.8) is 0 Å². The minimum atomic E-state index is -0.762. The molecule has 0 spiro atoms. The molecular formula is C20H21N3O4S. The maximum atomic E-state index is 12.7. The molecule has 0 fully saturated rings. The monoisotopic (exact) mass is 399 g/mol. The summed E-state index contributed by atoms with van der Waals surface area (Å²) >= 11 is 1.32. The van der Waals surface area contributed by atoms with Crippen LogP contribution in [0.2, 0.25) is 0 Å². The van der Waals surface area contributed by atoms with Gasteiger partial charge in [0.05, 0.1) is 18.5 Å². The zero-order valence-electron chi connectivity index (χ0n) is 15.9. The van der Waals surface area contributed by atoms with Crippen molar-refractivity contribution in [1.82, 2.24) is 9.97 Å². The van der Waals surface area contributed by atoms with Crippen molar-refractivity contribution in [1.29, 1.82) is 0 Å². The van der Waals surface area contributed by atoms with E-state index in [0.29, 0.717) is 32.5 Å². The first-order chi connectivity index (χ1) is 13.3. The number of ether oxygens (including phenoxy) is 2. The molecule has 4 rings (SSSR count). The highest BCUT2D eigenvalue weighted by atomic mass is 32.1. The molecule has 146 valence electrons. The summed E-state index contributed by atoms with van der Waals surface area (Å²) < 4.78 is 11.6. The number of carbonyl (C=O) groups excluding carboxylic acids is 1. The summed E-state index contributed by atoms with van der Waals surface area (Å²) in [5.74, 6) is 0.893. The largest absolute Gasteiger partial charge is 0.485 e. The number of rotatable bonds is 3. The van der Waals surface area contributed by atoms with E-state index in [1.165, 1.54) is 11.3 Å². The second-order valence-corrected chi connectivity index (χ2v) is 8.69. The number of fused-ring (bicyclic) bond motifs is 2. The van der Waals surface area contributed by atoms with E-state index >= 15 is 0 Å². The Hall–Kier alpha value is -2.71. The molecule has 3 aromatic rings. The molecule has 0 saturated heterocycles. The fraction of sp³-hybridized carbons (Fsp3) is 0.350. The van der Waals surface area contributed by atoms with Crippen molar-refractivity contribution >= 4 is 33.3 Å². The van der Waals surface area contributed by atoms with Crippen molar-refractivity contribution in [2.75, 3.05) is 11.9 Å². The third-order valence-electron chi connectivity index (χ3n) is 4.46. The average Bonchev–Trinajstić information content (AvgIpc) is 3.09. The number of hydrogen-bond donors (Lipinski definition) is 2. The van der Waals surface area contributed by atoms with E-state index in [4.69, 9.17) is 9.47 Å². The third kappa shape index (κ3) is 3.65. The molecule has 8 heteroatoms. The van der Waals surface area contributed by atoms with Crippen LogP contribution in [0, 0.1) is 0 Å². The van der Waals surface area contributed by atoms with E-state index in [9.17, 15) is 9.90 Å². The summed E-state index contributed by atoms with van der Waals surface area (Å²) in [6.07, 6.45) is 0.802. The highest BCUT2D eigenvalue weighted by molar-refractivity contribution is 7.18. The van der Waals surface area contributed by atoms with Gasteiger partial charge in [-0.3, -0.25) is 4.79 Å². The molecule has 2 N–H and O–H groups in total. The fourth-order valence-electron chi connectivity index (χ4n) is 2.89. The van der Waals surface area contributed by atoms with Gasteiger partial charge in [0.2, 0.25) is 6.10 Å². The number of aromatic nitrogens is 2. The van der Waals surface area contributed by atoms with Crippen LogP contribution in [-0.4, -0.2) is 33.7 Å². The zero-order chi connectivity index (χ0) is 19.9. The van der Waals surface area contributed by atoms with Crippen molar-refractivity contribution < 1.29 is 19.4 Å². The van der Waals surface area contributed by atoms with Crippen LogP contribution in [0.1, 0.15) is 31.3 Å². The Morgan fingerprint density at radius 1 is 1.32 bits per heavy atom. The SMILES string of the molecule is CC(C)(C)c1ccc2c(c1)OC(C(=O)Nc1cnc3sc(CO)nc3c1)CO2. The molecule has 1 aliphatic rings. The Kier molecular flexibility index (Phi) is 4.68. The second-order valence-electron chi connectivity index (χ2n) is 7.63. The van der Waals surface area contributed by atoms with Gasteiger partial charge in [0.15, 0.2) is 11.5 Å². The molecule has 1 aliphatic heterocycles. The van der Waals surface area contributed by atoms with E-state index in [0.717, 1.165) is 5.56 Å². The smallest absolute Gasteiger partial charge is 0.269 e. The van der Waals surface area contributed by atoms with Gasteiger partial charge >= 0.3 is 0 Å². The molecule has 1 amide bonds. The van der Waals surface area contributed by atoms with Gasteiger partial charge in [-0.25, -0.2) is 9.97 Å². The van der Waals surface area contributed by atoms with E-state index in [1.807, 2.05) is 18.2 Å². The number of nitrogens with zero attached hydrogens (tertiary/aromatic N) is 2. The summed E-state index contributed by atoms with van der Waals surface area (Å²) in [5, 5.41) is 12.6. The highest BCUT2D eigenvalue weighted by Gasteiger charge is 2.29. The lowest BCUT2D eigenvalue weighted by molar-refractivity contribution is -0.125. The van der Waals surface area contributed by atoms with Gasteiger partial charge in [-0.2, -0.15) is 0 Å². The van der Waals surface area contributed by atoms with Gasteiger partial charge in [0.1, 0.15) is 22.0 Å². The molecule has 7 nitrogen and oxygen atoms in total. The molecule has 0 radical (unpaired) electrons. The number of pyridine rings is 1. The molecule has 1 unspecified atom stereocenters. The fourth-order valence-corrected chi connectivity index (χ4v) is 3.64. The molecule has 28 heavy (non-hydrogen) atoms. The number of benzene rings is 1. The van der Waals surface area contributed by atoms with Crippen molar-refractivity contribution in [2.24, 2.45) is 0 Å². The van der Waals surface area contributed by atoms with E-state index in [1.54, 1.807) is 12.3 Å². The molecule has 0 bridgehead atoms. The lowest BCUT2D eigenvalue weighted by Crippen LogP contribution is -2.40. The first-order valence-corrected chi connectivity index (χ1v) is 9.76. The predicted octanol–water partition coefficient (Wildman–Crippen LogP) is 3.26. The lowest BCUT2D eigenvalue weighted by atomic mass is 9.87. The number of thiazole rings is 1. The molecule has 3 heterocycles. The average molecular weight is 399 g/mol. The highest BCUT2D eigenvalue weighted by Crippen LogP contribution is 2.36. The molecule has 2 aromatic heterocycles. The van der Waals surface area contributed by atoms with E-state index in [-0.39, 0.29) is 24.5 Å². The summed E-state index contributed by atoms with van der Waals surface area (Å²) in [6.45, 7) is 6.35. The summed E-state index contributed by atoms with van der Waals surface area (Å²) in [6, 6.07) is 7.54. The number of aliphatic hydroxyl groups is 1. The predicted molar refractivity (Wildman–Crippen MR) is 107 cm³/mol. The van der Waals surface area contributed by atoms with Gasteiger partial charge in [-0.15, -0.1) is 0 Å². The number of amides is 1. The van der Waals surface area contributed by atoms with Gasteiger partial charge in [0.25, 0.3) is 5.91 Å². The first-order valence-electron chi connectivity index (χ1n) is 8.94. The van der Waals surface area contributed by atoms with Gasteiger partial charge < -0.3 is 19.9 Å². The Morgan fingerprint density at radius 3 is 2.89 bits per heavy atom. The first kappa shape index (κ1) is 18.6. The lowest BCUT2D eigenvalue weighted by Gasteiger charge is -2.28. The number of aliphatic hydroxyl groups excluding tert-OH is 1. The van der Waals surface area contributed by atoms with Crippen LogP contribution in [0.4, 0.5) is 5.69 Å². The Balaban J connectivity index is 1.50. The summed E-state index contributed by atoms with van der Waals surface area (Å²) in [4.78, 5) is 21.9. The maximum absolute atomic E-state index is 12.7. The van der Waals surface area contributed by atoms with Crippen LogP contribution in [0.5, 0.6) is 11.5 Å². The number of anilines is 1. The minimum Gasteiger partial charge on any atom is -0.485 e. The van der Waals surface area contributed by atoms with Gasteiger partial charge in [0, 0.05) is 0 Å². The van der Waals surface area contributed by atoms with Gasteiger partial charge in [-0.1, -0.05) is 38.2 Å². The van der Waals surface area contributed by atoms with Crippen LogP contribution < -0.4 is 14.8 Å². The Morgan fingerprint density at radius 2 is 2.14 bits per heavy atom. The molecule has 0 aliphatic carbocycles. The van der Waals surface area contributed by atoms with E-state index < -0.39 is 6.10 Å². The van der Waals surface area contributed by atoms with Crippen LogP contribution >= 0.6 is 11.3 Å². The summed E-state index contributed by atoms with van der Waals surface area (Å²) in [5.41, 5.74) is 2.22. The molecule has 1 aromatic carbocycles.